The highest BCUT2D eigenvalue weighted by molar-refractivity contribution is 5.13. The lowest BCUT2D eigenvalue weighted by Crippen LogP contribution is -2.26. The number of nitrogens with two attached hydrogens (primary N) is 2. The van der Waals surface area contributed by atoms with Gasteiger partial charge >= 0.3 is 0 Å². The van der Waals surface area contributed by atoms with E-state index in [2.05, 4.69) is 5.32 Å². The van der Waals surface area contributed by atoms with E-state index in [1.165, 1.54) is 0 Å². The van der Waals surface area contributed by atoms with E-state index in [1.807, 2.05) is 12.2 Å². The van der Waals surface area contributed by atoms with Crippen LogP contribution in [-0.4, -0.2) is 0 Å². The van der Waals surface area contributed by atoms with Gasteiger partial charge in [-0.15, -0.1) is 0 Å². The Bertz CT molecular complexity index is 130. The maximum absolute atomic E-state index is 5.35. The number of allylic oxidation sites excluding steroid dienone is 2. The molecule has 0 spiro atoms. The number of rotatable bonds is 0. The van der Waals surface area contributed by atoms with Gasteiger partial charge in [-0.25, -0.2) is 0 Å². The lowest BCUT2D eigenvalue weighted by Gasteiger charge is -2.09. The Balaban J connectivity index is 2.57. The zero-order chi connectivity index (χ0) is 5.98. The molecule has 0 aliphatic carbocycles. The van der Waals surface area contributed by atoms with Crippen molar-refractivity contribution in [2.75, 3.05) is 0 Å². The number of hydrogen-bond acceptors (Lipinski definition) is 3. The summed E-state index contributed by atoms with van der Waals surface area (Å²) in [5.74, 6) is 1.29. The molecule has 3 heteroatoms. The highest BCUT2D eigenvalue weighted by Gasteiger charge is 1.94. The summed E-state index contributed by atoms with van der Waals surface area (Å²) in [6.07, 6.45) is 4.58. The molecule has 0 saturated carbocycles. The van der Waals surface area contributed by atoms with Crippen LogP contribution in [0.25, 0.3) is 0 Å². The van der Waals surface area contributed by atoms with Crippen molar-refractivity contribution in [2.45, 2.75) is 6.42 Å². The second-order valence-corrected chi connectivity index (χ2v) is 1.68. The van der Waals surface area contributed by atoms with Gasteiger partial charge in [-0.1, -0.05) is 0 Å². The molecule has 0 bridgehead atoms. The SMILES string of the molecule is NC1=CCC=C(N)N1. The van der Waals surface area contributed by atoms with E-state index in [1.54, 1.807) is 0 Å². The van der Waals surface area contributed by atoms with Crippen LogP contribution in [0.5, 0.6) is 0 Å². The normalized spacial score (nSPS) is 18.5. The van der Waals surface area contributed by atoms with Crippen molar-refractivity contribution >= 4 is 0 Å². The van der Waals surface area contributed by atoms with Crippen molar-refractivity contribution in [3.8, 4) is 0 Å². The third-order valence-electron chi connectivity index (χ3n) is 0.964. The second kappa shape index (κ2) is 1.78. The molecule has 0 aromatic heterocycles. The van der Waals surface area contributed by atoms with Crippen molar-refractivity contribution in [3.05, 3.63) is 23.8 Å². The Morgan fingerprint density at radius 3 is 2.00 bits per heavy atom. The lowest BCUT2D eigenvalue weighted by atomic mass is 10.3. The van der Waals surface area contributed by atoms with Crippen LogP contribution in [-0.2, 0) is 0 Å². The maximum atomic E-state index is 5.35. The van der Waals surface area contributed by atoms with E-state index < -0.39 is 0 Å². The molecule has 1 rings (SSSR count). The fourth-order valence-corrected chi connectivity index (χ4v) is 0.582. The molecule has 1 heterocycles. The summed E-state index contributed by atoms with van der Waals surface area (Å²) < 4.78 is 0. The summed E-state index contributed by atoms with van der Waals surface area (Å²) in [7, 11) is 0. The molecule has 0 saturated heterocycles. The first-order chi connectivity index (χ1) is 3.79. The number of hydrogen-bond donors (Lipinski definition) is 3. The monoisotopic (exact) mass is 111 g/mol. The third kappa shape index (κ3) is 0.932. The van der Waals surface area contributed by atoms with Crippen LogP contribution in [0.2, 0.25) is 0 Å². The van der Waals surface area contributed by atoms with Crippen molar-refractivity contribution < 1.29 is 0 Å². The topological polar surface area (TPSA) is 64.1 Å². The predicted molar refractivity (Wildman–Crippen MR) is 32.3 cm³/mol. The number of nitrogens with one attached hydrogen (secondary N) is 1. The molecule has 0 radical (unpaired) electrons. The average molecular weight is 111 g/mol. The molecular formula is C5H9N3. The molecule has 3 nitrogen and oxygen atoms in total. The molecule has 0 amide bonds. The lowest BCUT2D eigenvalue weighted by molar-refractivity contribution is 0.883. The van der Waals surface area contributed by atoms with Gasteiger partial charge in [0.05, 0.1) is 11.6 Å². The zero-order valence-corrected chi connectivity index (χ0v) is 4.52. The van der Waals surface area contributed by atoms with Crippen LogP contribution in [0.15, 0.2) is 23.8 Å². The fraction of sp³-hybridized carbons (Fsp3) is 0.200. The quantitative estimate of drug-likeness (QED) is 0.398. The van der Waals surface area contributed by atoms with Gasteiger partial charge in [-0.2, -0.15) is 0 Å². The summed E-state index contributed by atoms with van der Waals surface area (Å²) >= 11 is 0. The van der Waals surface area contributed by atoms with Gasteiger partial charge in [0, 0.05) is 0 Å². The summed E-state index contributed by atoms with van der Waals surface area (Å²) in [6, 6.07) is 0. The van der Waals surface area contributed by atoms with Crippen LogP contribution in [0.4, 0.5) is 0 Å². The molecule has 0 aromatic carbocycles. The van der Waals surface area contributed by atoms with E-state index in [4.69, 9.17) is 11.5 Å². The van der Waals surface area contributed by atoms with Crippen LogP contribution < -0.4 is 16.8 Å². The first-order valence-electron chi connectivity index (χ1n) is 2.47. The Morgan fingerprint density at radius 2 is 1.75 bits per heavy atom. The summed E-state index contributed by atoms with van der Waals surface area (Å²) in [5.41, 5.74) is 10.7. The smallest absolute Gasteiger partial charge is 0.0977 e. The molecule has 0 atom stereocenters. The van der Waals surface area contributed by atoms with Gasteiger partial charge in [0.2, 0.25) is 0 Å². The van der Waals surface area contributed by atoms with Crippen LogP contribution in [0.3, 0.4) is 0 Å². The first kappa shape index (κ1) is 5.03. The van der Waals surface area contributed by atoms with Gasteiger partial charge in [-0.3, -0.25) is 0 Å². The van der Waals surface area contributed by atoms with Crippen molar-refractivity contribution in [3.63, 3.8) is 0 Å². The van der Waals surface area contributed by atoms with Crippen molar-refractivity contribution in [1.82, 2.24) is 5.32 Å². The minimum atomic E-state index is 0.644. The third-order valence-corrected chi connectivity index (χ3v) is 0.964. The summed E-state index contributed by atoms with van der Waals surface area (Å²) in [5, 5.41) is 2.76. The Morgan fingerprint density at radius 1 is 1.25 bits per heavy atom. The van der Waals surface area contributed by atoms with Gasteiger partial charge in [0.15, 0.2) is 0 Å². The molecule has 8 heavy (non-hydrogen) atoms. The van der Waals surface area contributed by atoms with E-state index in [0.717, 1.165) is 6.42 Å². The van der Waals surface area contributed by atoms with E-state index in [9.17, 15) is 0 Å². The van der Waals surface area contributed by atoms with Crippen LogP contribution in [0.1, 0.15) is 6.42 Å². The predicted octanol–water partition coefficient (Wildman–Crippen LogP) is -0.420. The molecule has 1 aliphatic rings. The van der Waals surface area contributed by atoms with Gasteiger partial charge in [0.1, 0.15) is 0 Å². The maximum Gasteiger partial charge on any atom is 0.0977 e. The molecule has 1 aliphatic heterocycles. The molecule has 44 valence electrons. The standard InChI is InChI=1S/C5H9N3/c6-4-2-1-3-5(7)8-4/h2-3,8H,1,6-7H2. The zero-order valence-electron chi connectivity index (χ0n) is 4.52. The Hall–Kier alpha value is -1.12. The highest BCUT2D eigenvalue weighted by atomic mass is 15.1. The van der Waals surface area contributed by atoms with Gasteiger partial charge in [-0.05, 0) is 18.6 Å². The second-order valence-electron chi connectivity index (χ2n) is 1.68. The van der Waals surface area contributed by atoms with E-state index in [-0.39, 0.29) is 0 Å². The molecule has 0 aromatic rings. The Kier molecular flexibility index (Phi) is 1.12. The summed E-state index contributed by atoms with van der Waals surface area (Å²) in [4.78, 5) is 0. The van der Waals surface area contributed by atoms with E-state index >= 15 is 0 Å². The Labute approximate surface area is 48.0 Å². The van der Waals surface area contributed by atoms with Crippen molar-refractivity contribution in [1.29, 1.82) is 0 Å². The molecule has 5 N–H and O–H groups in total. The van der Waals surface area contributed by atoms with Crippen LogP contribution in [0, 0.1) is 0 Å². The number of dihydropyridines is 1. The molecule has 0 unspecified atom stereocenters. The van der Waals surface area contributed by atoms with Crippen molar-refractivity contribution in [2.24, 2.45) is 11.5 Å². The largest absolute Gasteiger partial charge is 0.385 e. The molecule has 0 fully saturated rings. The molecular weight excluding hydrogens is 102 g/mol. The average Bonchev–Trinajstić information content (AvgIpc) is 1.64. The fourth-order valence-electron chi connectivity index (χ4n) is 0.582. The van der Waals surface area contributed by atoms with Gasteiger partial charge < -0.3 is 16.8 Å². The van der Waals surface area contributed by atoms with Crippen LogP contribution >= 0.6 is 0 Å². The summed E-state index contributed by atoms with van der Waals surface area (Å²) in [6.45, 7) is 0. The van der Waals surface area contributed by atoms with Gasteiger partial charge in [0.25, 0.3) is 0 Å². The first-order valence-corrected chi connectivity index (χ1v) is 2.47. The minimum Gasteiger partial charge on any atom is -0.385 e. The highest BCUT2D eigenvalue weighted by Crippen LogP contribution is 1.96. The van der Waals surface area contributed by atoms with E-state index in [0.29, 0.717) is 11.6 Å². The minimum absolute atomic E-state index is 0.644.